The van der Waals surface area contributed by atoms with Crippen molar-refractivity contribution < 1.29 is 4.92 Å². The van der Waals surface area contributed by atoms with Crippen molar-refractivity contribution in [3.8, 4) is 0 Å². The molecule has 2 N–H and O–H groups in total. The molecule has 0 spiro atoms. The van der Waals surface area contributed by atoms with E-state index >= 15 is 0 Å². The number of halogens is 2. The lowest BCUT2D eigenvalue weighted by Gasteiger charge is -2.09. The fourth-order valence-corrected chi connectivity index (χ4v) is 3.46. The van der Waals surface area contributed by atoms with E-state index in [0.29, 0.717) is 20.9 Å². The number of nitrogens with one attached hydrogen (secondary N) is 2. The zero-order chi connectivity index (χ0) is 18.8. The highest BCUT2D eigenvalue weighted by Crippen LogP contribution is 2.35. The number of rotatable bonds is 5. The Balaban J connectivity index is 1.99. The van der Waals surface area contributed by atoms with Gasteiger partial charge < -0.3 is 10.6 Å². The van der Waals surface area contributed by atoms with E-state index in [0.717, 1.165) is 10.6 Å². The van der Waals surface area contributed by atoms with Gasteiger partial charge in [0.25, 0.3) is 0 Å². The Bertz CT molecular complexity index is 955. The van der Waals surface area contributed by atoms with E-state index in [4.69, 9.17) is 23.2 Å². The number of benzene rings is 1. The van der Waals surface area contributed by atoms with Gasteiger partial charge in [0.1, 0.15) is 6.33 Å². The molecule has 0 aliphatic rings. The second-order valence-corrected chi connectivity index (χ2v) is 7.32. The van der Waals surface area contributed by atoms with Gasteiger partial charge in [0.2, 0.25) is 11.6 Å². The Kier molecular flexibility index (Phi) is 5.21. The normalized spacial score (nSPS) is 10.6. The van der Waals surface area contributed by atoms with Gasteiger partial charge in [-0.3, -0.25) is 10.1 Å². The average molecular weight is 411 g/mol. The molecular formula is C15H12Cl2N6O2S. The third-order valence-electron chi connectivity index (χ3n) is 3.38. The zero-order valence-corrected chi connectivity index (χ0v) is 15.9. The molecule has 0 bridgehead atoms. The van der Waals surface area contributed by atoms with Crippen molar-refractivity contribution in [2.75, 3.05) is 10.6 Å². The fourth-order valence-electron chi connectivity index (χ4n) is 2.12. The number of aromatic nitrogens is 3. The summed E-state index contributed by atoms with van der Waals surface area (Å²) in [5.41, 5.74) is 1.01. The Hall–Kier alpha value is -2.49. The smallest absolute Gasteiger partial charge is 0.334 e. The van der Waals surface area contributed by atoms with Crippen molar-refractivity contribution in [2.24, 2.45) is 0 Å². The van der Waals surface area contributed by atoms with Crippen LogP contribution in [-0.4, -0.2) is 19.9 Å². The molecule has 0 radical (unpaired) electrons. The summed E-state index contributed by atoms with van der Waals surface area (Å²) in [5.74, 6) is 0.0465. The summed E-state index contributed by atoms with van der Waals surface area (Å²) >= 11 is 13.3. The average Bonchev–Trinajstić information content (AvgIpc) is 2.84. The van der Waals surface area contributed by atoms with E-state index in [1.165, 1.54) is 17.7 Å². The molecule has 11 heteroatoms. The van der Waals surface area contributed by atoms with Crippen molar-refractivity contribution in [1.82, 2.24) is 15.0 Å². The highest BCUT2D eigenvalue weighted by Gasteiger charge is 2.24. The number of nitrogens with zero attached hydrogens (tertiary/aromatic N) is 4. The SMILES string of the molecule is Cc1nc(Nc2ncnc(Nc3cc(Cl)cc(Cl)c3)c2[N+](=O)[O-])sc1C. The maximum atomic E-state index is 11.6. The second kappa shape index (κ2) is 7.40. The minimum Gasteiger partial charge on any atom is -0.334 e. The first kappa shape index (κ1) is 18.3. The molecule has 0 fully saturated rings. The first-order valence-corrected chi connectivity index (χ1v) is 8.84. The lowest BCUT2D eigenvalue weighted by atomic mass is 10.3. The fraction of sp³-hybridized carbons (Fsp3) is 0.133. The van der Waals surface area contributed by atoms with Gasteiger partial charge in [-0.25, -0.2) is 15.0 Å². The van der Waals surface area contributed by atoms with E-state index in [1.807, 2.05) is 13.8 Å². The summed E-state index contributed by atoms with van der Waals surface area (Å²) in [7, 11) is 0. The van der Waals surface area contributed by atoms with Crippen molar-refractivity contribution >= 4 is 62.7 Å². The molecule has 0 saturated carbocycles. The number of nitro groups is 1. The molecule has 0 aliphatic carbocycles. The van der Waals surface area contributed by atoms with Crippen LogP contribution in [0, 0.1) is 24.0 Å². The van der Waals surface area contributed by atoms with Gasteiger partial charge in [-0.15, -0.1) is 11.3 Å². The minimum atomic E-state index is -0.565. The van der Waals surface area contributed by atoms with Crippen LogP contribution < -0.4 is 10.6 Å². The summed E-state index contributed by atoms with van der Waals surface area (Å²) in [6.45, 7) is 3.78. The molecule has 0 saturated heterocycles. The van der Waals surface area contributed by atoms with Gasteiger partial charge in [-0.2, -0.15) is 0 Å². The number of aryl methyl sites for hydroxylation is 2. The van der Waals surface area contributed by atoms with Crippen molar-refractivity contribution in [3.63, 3.8) is 0 Å². The summed E-state index contributed by atoms with van der Waals surface area (Å²) < 4.78 is 0. The molecule has 3 rings (SSSR count). The van der Waals surface area contributed by atoms with Crippen LogP contribution in [0.3, 0.4) is 0 Å². The van der Waals surface area contributed by atoms with Crippen molar-refractivity contribution in [2.45, 2.75) is 13.8 Å². The van der Waals surface area contributed by atoms with Crippen molar-refractivity contribution in [3.05, 3.63) is 55.3 Å². The summed E-state index contributed by atoms with van der Waals surface area (Å²) in [6.07, 6.45) is 1.22. The van der Waals surface area contributed by atoms with Crippen LogP contribution in [0.1, 0.15) is 10.6 Å². The Labute approximate surface area is 162 Å². The van der Waals surface area contributed by atoms with Crippen LogP contribution in [0.2, 0.25) is 10.0 Å². The van der Waals surface area contributed by atoms with Gasteiger partial charge >= 0.3 is 5.69 Å². The van der Waals surface area contributed by atoms with Crippen LogP contribution >= 0.6 is 34.5 Å². The number of thiazole rings is 1. The Morgan fingerprint density at radius 1 is 1.08 bits per heavy atom. The molecule has 2 heterocycles. The zero-order valence-electron chi connectivity index (χ0n) is 13.6. The highest BCUT2D eigenvalue weighted by molar-refractivity contribution is 7.15. The molecule has 1 aromatic carbocycles. The van der Waals surface area contributed by atoms with E-state index in [-0.39, 0.29) is 17.3 Å². The molecule has 0 atom stereocenters. The number of hydrogen-bond acceptors (Lipinski definition) is 8. The van der Waals surface area contributed by atoms with Crippen LogP contribution in [0.5, 0.6) is 0 Å². The highest BCUT2D eigenvalue weighted by atomic mass is 35.5. The standard InChI is InChI=1S/C15H12Cl2N6O2S/c1-7-8(2)26-15(20-7)22-14-12(23(24)25)13(18-6-19-14)21-11-4-9(16)3-10(17)5-11/h3-6H,1-2H3,(H2,18,19,20,21,22). The number of anilines is 4. The quantitative estimate of drug-likeness (QED) is 0.436. The monoisotopic (exact) mass is 410 g/mol. The van der Waals surface area contributed by atoms with Crippen molar-refractivity contribution in [1.29, 1.82) is 0 Å². The van der Waals surface area contributed by atoms with E-state index in [1.54, 1.807) is 18.2 Å². The summed E-state index contributed by atoms with van der Waals surface area (Å²) in [4.78, 5) is 24.3. The van der Waals surface area contributed by atoms with Crippen LogP contribution in [0.25, 0.3) is 0 Å². The van der Waals surface area contributed by atoms with Gasteiger partial charge in [0, 0.05) is 20.6 Å². The minimum absolute atomic E-state index is 0.0100. The maximum Gasteiger partial charge on any atom is 0.353 e. The maximum absolute atomic E-state index is 11.6. The van der Waals surface area contributed by atoms with Crippen LogP contribution in [0.15, 0.2) is 24.5 Å². The molecule has 0 unspecified atom stereocenters. The molecular weight excluding hydrogens is 399 g/mol. The van der Waals surface area contributed by atoms with E-state index in [2.05, 4.69) is 25.6 Å². The Morgan fingerprint density at radius 3 is 2.23 bits per heavy atom. The lowest BCUT2D eigenvalue weighted by molar-refractivity contribution is -0.383. The molecule has 3 aromatic rings. The van der Waals surface area contributed by atoms with E-state index < -0.39 is 4.92 Å². The molecule has 134 valence electrons. The van der Waals surface area contributed by atoms with E-state index in [9.17, 15) is 10.1 Å². The van der Waals surface area contributed by atoms with Gasteiger partial charge in [0.05, 0.1) is 10.6 Å². The first-order chi connectivity index (χ1) is 12.3. The predicted molar refractivity (Wildman–Crippen MR) is 103 cm³/mol. The summed E-state index contributed by atoms with van der Waals surface area (Å²) in [6, 6.07) is 4.72. The van der Waals surface area contributed by atoms with Gasteiger partial charge in [0.15, 0.2) is 5.13 Å². The Morgan fingerprint density at radius 2 is 1.69 bits per heavy atom. The third kappa shape index (κ3) is 4.01. The molecule has 2 aromatic heterocycles. The largest absolute Gasteiger partial charge is 0.353 e. The predicted octanol–water partition coefficient (Wildman–Crippen LogP) is 5.25. The topological polar surface area (TPSA) is 106 Å². The third-order valence-corrected chi connectivity index (χ3v) is 4.81. The molecule has 0 amide bonds. The van der Waals surface area contributed by atoms with Crippen LogP contribution in [-0.2, 0) is 0 Å². The number of hydrogen-bond donors (Lipinski definition) is 2. The second-order valence-electron chi connectivity index (χ2n) is 5.25. The lowest BCUT2D eigenvalue weighted by Crippen LogP contribution is -2.05. The first-order valence-electron chi connectivity index (χ1n) is 7.27. The molecule has 26 heavy (non-hydrogen) atoms. The molecule has 0 aliphatic heterocycles. The molecule has 8 nitrogen and oxygen atoms in total. The van der Waals surface area contributed by atoms with Gasteiger partial charge in [-0.05, 0) is 32.0 Å². The van der Waals surface area contributed by atoms with Gasteiger partial charge in [-0.1, -0.05) is 23.2 Å². The van der Waals surface area contributed by atoms with Crippen LogP contribution in [0.4, 0.5) is 28.1 Å². The summed E-state index contributed by atoms with van der Waals surface area (Å²) in [5, 5.41) is 18.6.